The number of likely N-dealkylation sites (N-methyl/N-ethyl adjacent to an activating group) is 1. The molecule has 1 atom stereocenters. The van der Waals surface area contributed by atoms with Crippen molar-refractivity contribution in [3.05, 3.63) is 0 Å². The molecule has 16 heavy (non-hydrogen) atoms. The fourth-order valence-electron chi connectivity index (χ4n) is 2.39. The normalized spacial score (nSPS) is 20.6. The van der Waals surface area contributed by atoms with Gasteiger partial charge < -0.3 is 10.2 Å². The van der Waals surface area contributed by atoms with Crippen molar-refractivity contribution in [3.63, 3.8) is 0 Å². The quantitative estimate of drug-likeness (QED) is 0.775. The minimum absolute atomic E-state index is 0.239. The van der Waals surface area contributed by atoms with Gasteiger partial charge in [0.1, 0.15) is 0 Å². The van der Waals surface area contributed by atoms with Crippen molar-refractivity contribution >= 4 is 0 Å². The Morgan fingerprint density at radius 2 is 1.81 bits per heavy atom. The lowest BCUT2D eigenvalue weighted by Crippen LogP contribution is -2.46. The highest BCUT2D eigenvalue weighted by Gasteiger charge is 2.20. The first-order valence-corrected chi connectivity index (χ1v) is 6.84. The molecule has 0 heterocycles. The molecule has 1 fully saturated rings. The topological polar surface area (TPSA) is 15.3 Å². The van der Waals surface area contributed by atoms with Crippen molar-refractivity contribution in [2.75, 3.05) is 20.1 Å². The van der Waals surface area contributed by atoms with E-state index >= 15 is 0 Å². The zero-order valence-corrected chi connectivity index (χ0v) is 11.8. The minimum atomic E-state index is 0.239. The van der Waals surface area contributed by atoms with E-state index in [0.29, 0.717) is 6.04 Å². The molecular weight excluding hydrogens is 196 g/mol. The van der Waals surface area contributed by atoms with Gasteiger partial charge in [0.25, 0.3) is 0 Å². The molecule has 0 radical (unpaired) electrons. The van der Waals surface area contributed by atoms with Gasteiger partial charge in [-0.05, 0) is 53.5 Å². The fourth-order valence-corrected chi connectivity index (χ4v) is 2.39. The Hall–Kier alpha value is -0.0800. The van der Waals surface area contributed by atoms with Crippen LogP contribution in [0.3, 0.4) is 0 Å². The van der Waals surface area contributed by atoms with Crippen molar-refractivity contribution in [2.24, 2.45) is 5.92 Å². The monoisotopic (exact) mass is 226 g/mol. The van der Waals surface area contributed by atoms with E-state index in [-0.39, 0.29) is 5.54 Å². The molecule has 1 rings (SSSR count). The molecule has 1 N–H and O–H groups in total. The molecule has 1 saturated carbocycles. The van der Waals surface area contributed by atoms with Gasteiger partial charge in [-0.1, -0.05) is 12.8 Å². The Bertz CT molecular complexity index is 189. The molecule has 0 spiro atoms. The Morgan fingerprint density at radius 3 is 2.31 bits per heavy atom. The van der Waals surface area contributed by atoms with Gasteiger partial charge >= 0.3 is 0 Å². The van der Waals surface area contributed by atoms with Crippen LogP contribution in [0.15, 0.2) is 0 Å². The van der Waals surface area contributed by atoms with Gasteiger partial charge in [-0.3, -0.25) is 0 Å². The smallest absolute Gasteiger partial charge is 0.0189 e. The van der Waals surface area contributed by atoms with Crippen molar-refractivity contribution in [2.45, 2.75) is 65.0 Å². The van der Waals surface area contributed by atoms with E-state index in [9.17, 15) is 0 Å². The van der Waals surface area contributed by atoms with Gasteiger partial charge in [-0.2, -0.15) is 0 Å². The zero-order valence-electron chi connectivity index (χ0n) is 11.8. The molecule has 0 amide bonds. The highest BCUT2D eigenvalue weighted by atomic mass is 15.2. The summed E-state index contributed by atoms with van der Waals surface area (Å²) in [6, 6.07) is 0.639. The second-order valence-electron chi connectivity index (χ2n) is 6.57. The molecule has 0 aromatic rings. The van der Waals surface area contributed by atoms with Gasteiger partial charge in [-0.15, -0.1) is 0 Å². The molecule has 0 aromatic heterocycles. The molecule has 1 unspecified atom stereocenters. The third-order valence-corrected chi connectivity index (χ3v) is 3.70. The Balaban J connectivity index is 2.21. The van der Waals surface area contributed by atoms with Crippen LogP contribution in [0.25, 0.3) is 0 Å². The Kier molecular flexibility index (Phi) is 5.26. The molecule has 1 aliphatic rings. The molecule has 1 aliphatic carbocycles. The lowest BCUT2D eigenvalue weighted by Gasteiger charge is -2.30. The van der Waals surface area contributed by atoms with Crippen LogP contribution >= 0.6 is 0 Å². The van der Waals surface area contributed by atoms with Crippen LogP contribution in [0, 0.1) is 5.92 Å². The minimum Gasteiger partial charge on any atom is -0.311 e. The van der Waals surface area contributed by atoms with E-state index in [1.165, 1.54) is 32.2 Å². The number of hydrogen-bond donors (Lipinski definition) is 1. The maximum absolute atomic E-state index is 3.59. The lowest BCUT2D eigenvalue weighted by atomic mass is 10.1. The molecule has 0 aromatic carbocycles. The summed E-state index contributed by atoms with van der Waals surface area (Å²) in [5, 5.41) is 3.59. The van der Waals surface area contributed by atoms with Crippen molar-refractivity contribution < 1.29 is 0 Å². The predicted octanol–water partition coefficient (Wildman–Crippen LogP) is 2.89. The summed E-state index contributed by atoms with van der Waals surface area (Å²) < 4.78 is 0. The largest absolute Gasteiger partial charge is 0.311 e. The third-order valence-electron chi connectivity index (χ3n) is 3.70. The van der Waals surface area contributed by atoms with Crippen LogP contribution in [0.5, 0.6) is 0 Å². The van der Waals surface area contributed by atoms with Crippen molar-refractivity contribution in [1.29, 1.82) is 0 Å². The molecule has 2 nitrogen and oxygen atoms in total. The first-order chi connectivity index (χ1) is 7.38. The molecule has 0 aliphatic heterocycles. The van der Waals surface area contributed by atoms with Crippen LogP contribution in [-0.4, -0.2) is 36.6 Å². The summed E-state index contributed by atoms with van der Waals surface area (Å²) in [4.78, 5) is 2.52. The first-order valence-electron chi connectivity index (χ1n) is 6.84. The highest BCUT2D eigenvalue weighted by Crippen LogP contribution is 2.25. The summed E-state index contributed by atoms with van der Waals surface area (Å²) in [6.45, 7) is 11.4. The van der Waals surface area contributed by atoms with Gasteiger partial charge in [0.2, 0.25) is 0 Å². The molecular formula is C14H30N2. The van der Waals surface area contributed by atoms with Crippen LogP contribution in [0.1, 0.15) is 53.4 Å². The predicted molar refractivity (Wildman–Crippen MR) is 71.8 cm³/mol. The molecule has 0 saturated heterocycles. The Labute approximate surface area is 102 Å². The summed E-state index contributed by atoms with van der Waals surface area (Å²) >= 11 is 0. The number of hydrogen-bond acceptors (Lipinski definition) is 2. The van der Waals surface area contributed by atoms with Crippen LogP contribution < -0.4 is 5.32 Å². The molecule has 96 valence electrons. The second-order valence-corrected chi connectivity index (χ2v) is 6.57. The fraction of sp³-hybridized carbons (Fsp3) is 1.00. The molecule has 0 bridgehead atoms. The first kappa shape index (κ1) is 14.0. The highest BCUT2D eigenvalue weighted by molar-refractivity contribution is 4.77. The van der Waals surface area contributed by atoms with E-state index in [2.05, 4.69) is 45.0 Å². The average Bonchev–Trinajstić information content (AvgIpc) is 2.65. The Morgan fingerprint density at radius 1 is 1.25 bits per heavy atom. The van der Waals surface area contributed by atoms with Crippen molar-refractivity contribution in [3.8, 4) is 0 Å². The summed E-state index contributed by atoms with van der Waals surface area (Å²) in [7, 11) is 2.27. The lowest BCUT2D eigenvalue weighted by molar-refractivity contribution is 0.204. The van der Waals surface area contributed by atoms with Crippen LogP contribution in [-0.2, 0) is 0 Å². The number of nitrogens with one attached hydrogen (secondary N) is 1. The standard InChI is InChI=1S/C14H30N2/c1-12(10-15-14(2,3)4)16(5)11-13-8-6-7-9-13/h12-13,15H,6-11H2,1-5H3. The van der Waals surface area contributed by atoms with Gasteiger partial charge in [0, 0.05) is 24.7 Å². The summed E-state index contributed by atoms with van der Waals surface area (Å²) in [5.74, 6) is 0.960. The van der Waals surface area contributed by atoms with E-state index < -0.39 is 0 Å². The SMILES string of the molecule is CC(CNC(C)(C)C)N(C)CC1CCCC1. The van der Waals surface area contributed by atoms with E-state index in [1.54, 1.807) is 0 Å². The van der Waals surface area contributed by atoms with E-state index in [1.807, 2.05) is 0 Å². The molecule has 2 heteroatoms. The maximum atomic E-state index is 3.59. The van der Waals surface area contributed by atoms with Gasteiger partial charge in [-0.25, -0.2) is 0 Å². The second kappa shape index (κ2) is 6.02. The van der Waals surface area contributed by atoms with Gasteiger partial charge in [0.15, 0.2) is 0 Å². The summed E-state index contributed by atoms with van der Waals surface area (Å²) in [6.07, 6.45) is 5.80. The van der Waals surface area contributed by atoms with E-state index in [0.717, 1.165) is 12.5 Å². The summed E-state index contributed by atoms with van der Waals surface area (Å²) in [5.41, 5.74) is 0.239. The van der Waals surface area contributed by atoms with Crippen LogP contribution in [0.4, 0.5) is 0 Å². The maximum Gasteiger partial charge on any atom is 0.0189 e. The van der Waals surface area contributed by atoms with Crippen molar-refractivity contribution in [1.82, 2.24) is 10.2 Å². The number of nitrogens with zero attached hydrogens (tertiary/aromatic N) is 1. The zero-order chi connectivity index (χ0) is 12.2. The number of rotatable bonds is 5. The van der Waals surface area contributed by atoms with Crippen LogP contribution in [0.2, 0.25) is 0 Å². The third kappa shape index (κ3) is 5.31. The van der Waals surface area contributed by atoms with Gasteiger partial charge in [0.05, 0.1) is 0 Å². The average molecular weight is 226 g/mol. The van der Waals surface area contributed by atoms with E-state index in [4.69, 9.17) is 0 Å².